The molecule has 0 N–H and O–H groups in total. The lowest BCUT2D eigenvalue weighted by Gasteiger charge is -2.26. The Bertz CT molecular complexity index is 3350. The molecule has 65 heavy (non-hydrogen) atoms. The summed E-state index contributed by atoms with van der Waals surface area (Å²) >= 11 is 0. The quantitative estimate of drug-likeness (QED) is 0.153. The van der Waals surface area contributed by atoms with Crippen molar-refractivity contribution in [1.29, 1.82) is 0 Å². The lowest BCUT2D eigenvalue weighted by atomic mass is 9.83. The van der Waals surface area contributed by atoms with Crippen molar-refractivity contribution in [1.82, 2.24) is 19.5 Å². The van der Waals surface area contributed by atoms with Gasteiger partial charge in [0.1, 0.15) is 0 Å². The van der Waals surface area contributed by atoms with E-state index >= 15 is 0 Å². The van der Waals surface area contributed by atoms with Crippen molar-refractivity contribution in [3.63, 3.8) is 0 Å². The Hall–Kier alpha value is -8.21. The predicted molar refractivity (Wildman–Crippen MR) is 271 cm³/mol. The molecule has 0 aliphatic rings. The van der Waals surface area contributed by atoms with Crippen LogP contribution in [0.2, 0.25) is 0 Å². The highest BCUT2D eigenvalue weighted by atomic mass is 15.0. The summed E-state index contributed by atoms with van der Waals surface area (Å²) in [6.07, 6.45) is 0. The number of benzene rings is 9. The fourth-order valence-electron chi connectivity index (χ4n) is 9.18. The van der Waals surface area contributed by atoms with Crippen molar-refractivity contribution >= 4 is 21.8 Å². The lowest BCUT2D eigenvalue weighted by molar-refractivity contribution is 0.594. The molecule has 2 aromatic heterocycles. The molecule has 310 valence electrons. The van der Waals surface area contributed by atoms with E-state index in [2.05, 4.69) is 213 Å². The van der Waals surface area contributed by atoms with E-state index in [-0.39, 0.29) is 5.41 Å². The van der Waals surface area contributed by atoms with E-state index in [1.807, 2.05) is 36.4 Å². The van der Waals surface area contributed by atoms with Crippen LogP contribution in [0.15, 0.2) is 224 Å². The molecule has 4 heteroatoms. The maximum absolute atomic E-state index is 5.26. The maximum Gasteiger partial charge on any atom is 0.164 e. The normalized spacial score (nSPS) is 11.6. The van der Waals surface area contributed by atoms with Crippen molar-refractivity contribution in [2.45, 2.75) is 26.2 Å². The van der Waals surface area contributed by atoms with E-state index in [9.17, 15) is 0 Å². The fraction of sp³-hybridized carbons (Fsp3) is 0.0656. The van der Waals surface area contributed by atoms with Gasteiger partial charge in [0.15, 0.2) is 17.5 Å². The van der Waals surface area contributed by atoms with Gasteiger partial charge in [0.25, 0.3) is 0 Å². The van der Waals surface area contributed by atoms with E-state index < -0.39 is 0 Å². The van der Waals surface area contributed by atoms with E-state index in [1.165, 1.54) is 44.1 Å². The molecule has 0 aliphatic heterocycles. The molecule has 0 aliphatic carbocycles. The number of rotatable bonds is 8. The second-order valence-electron chi connectivity index (χ2n) is 17.7. The van der Waals surface area contributed by atoms with Gasteiger partial charge >= 0.3 is 0 Å². The van der Waals surface area contributed by atoms with Gasteiger partial charge in [-0.15, -0.1) is 0 Å². The van der Waals surface area contributed by atoms with Gasteiger partial charge < -0.3 is 4.57 Å². The van der Waals surface area contributed by atoms with Crippen molar-refractivity contribution in [3.05, 3.63) is 230 Å². The Morgan fingerprint density at radius 2 is 0.708 bits per heavy atom. The molecule has 2 heterocycles. The zero-order valence-corrected chi connectivity index (χ0v) is 36.7. The molecule has 11 rings (SSSR count). The predicted octanol–water partition coefficient (Wildman–Crippen LogP) is 15.9. The van der Waals surface area contributed by atoms with Gasteiger partial charge in [0, 0.05) is 38.6 Å². The van der Waals surface area contributed by atoms with Crippen LogP contribution in [0.1, 0.15) is 26.3 Å². The zero-order valence-electron chi connectivity index (χ0n) is 36.7. The molecule has 0 unspecified atom stereocenters. The number of nitrogens with zero attached hydrogens (tertiary/aromatic N) is 4. The van der Waals surface area contributed by atoms with Crippen molar-refractivity contribution in [2.75, 3.05) is 0 Å². The zero-order chi connectivity index (χ0) is 43.9. The number of hydrogen-bond donors (Lipinski definition) is 0. The summed E-state index contributed by atoms with van der Waals surface area (Å²) in [5.74, 6) is 1.86. The van der Waals surface area contributed by atoms with Crippen LogP contribution in [0.5, 0.6) is 0 Å². The van der Waals surface area contributed by atoms with E-state index in [1.54, 1.807) is 0 Å². The second kappa shape index (κ2) is 16.5. The third-order valence-corrected chi connectivity index (χ3v) is 12.3. The van der Waals surface area contributed by atoms with Gasteiger partial charge in [-0.1, -0.05) is 209 Å². The smallest absolute Gasteiger partial charge is 0.164 e. The van der Waals surface area contributed by atoms with E-state index in [0.717, 1.165) is 50.1 Å². The van der Waals surface area contributed by atoms with Crippen molar-refractivity contribution in [3.8, 4) is 84.4 Å². The van der Waals surface area contributed by atoms with E-state index in [0.29, 0.717) is 17.5 Å². The molecule has 0 spiro atoms. The topological polar surface area (TPSA) is 43.6 Å². The summed E-state index contributed by atoms with van der Waals surface area (Å²) < 4.78 is 2.56. The van der Waals surface area contributed by atoms with Crippen LogP contribution in [-0.2, 0) is 5.41 Å². The van der Waals surface area contributed by atoms with Gasteiger partial charge in [0.2, 0.25) is 0 Å². The molecule has 9 aromatic carbocycles. The summed E-state index contributed by atoms with van der Waals surface area (Å²) in [6.45, 7) is 7.01. The Kier molecular flexibility index (Phi) is 10.1. The molecule has 4 nitrogen and oxygen atoms in total. The first-order valence-corrected chi connectivity index (χ1v) is 22.3. The Morgan fingerprint density at radius 1 is 0.323 bits per heavy atom. The number of aromatic nitrogens is 4. The Balaban J connectivity index is 1.29. The first-order valence-electron chi connectivity index (χ1n) is 22.3. The average molecular weight is 835 g/mol. The van der Waals surface area contributed by atoms with Gasteiger partial charge in [-0.25, -0.2) is 15.0 Å². The monoisotopic (exact) mass is 834 g/mol. The molecule has 0 fully saturated rings. The van der Waals surface area contributed by atoms with Gasteiger partial charge in [0.05, 0.1) is 16.7 Å². The summed E-state index contributed by atoms with van der Waals surface area (Å²) in [6, 6.07) is 79.9. The van der Waals surface area contributed by atoms with Crippen molar-refractivity contribution in [2.24, 2.45) is 0 Å². The molecule has 0 radical (unpaired) electrons. The highest BCUT2D eigenvalue weighted by Crippen LogP contribution is 2.47. The van der Waals surface area contributed by atoms with Gasteiger partial charge in [-0.3, -0.25) is 0 Å². The molecule has 0 bridgehead atoms. The van der Waals surface area contributed by atoms with E-state index in [4.69, 9.17) is 15.0 Å². The molecule has 0 amide bonds. The molecule has 0 atom stereocenters. The minimum Gasteiger partial charge on any atom is -0.308 e. The summed E-state index contributed by atoms with van der Waals surface area (Å²) in [5, 5.41) is 2.41. The van der Waals surface area contributed by atoms with Crippen LogP contribution < -0.4 is 0 Å². The Labute approximate surface area is 380 Å². The standard InChI is InChI=1S/C61H46N4/c1-61(2,3)54-40-48(42-24-12-5-13-25-42)37-53-52-36-47(41-22-10-4-11-23-41)34-35-55(52)65(57(53)54)56-50(43-26-14-6-15-27-43)38-49(39-51(56)44-28-16-7-17-29-44)60-63-58(45-30-18-8-19-31-45)62-59(64-60)46-32-20-9-21-33-46/h4-40H,1-3H3. The molecular formula is C61H46N4. The van der Waals surface area contributed by atoms with Crippen LogP contribution in [-0.4, -0.2) is 19.5 Å². The minimum atomic E-state index is -0.219. The average Bonchev–Trinajstić information content (AvgIpc) is 3.70. The largest absolute Gasteiger partial charge is 0.308 e. The first kappa shape index (κ1) is 39.6. The van der Waals surface area contributed by atoms with Crippen LogP contribution in [0.25, 0.3) is 106 Å². The van der Waals surface area contributed by atoms with Crippen LogP contribution in [0.4, 0.5) is 0 Å². The second-order valence-corrected chi connectivity index (χ2v) is 17.7. The molecular weight excluding hydrogens is 789 g/mol. The van der Waals surface area contributed by atoms with Crippen molar-refractivity contribution < 1.29 is 0 Å². The third kappa shape index (κ3) is 7.49. The Morgan fingerprint density at radius 3 is 1.15 bits per heavy atom. The van der Waals surface area contributed by atoms with Gasteiger partial charge in [-0.05, 0) is 80.8 Å². The molecule has 11 aromatic rings. The summed E-state index contributed by atoms with van der Waals surface area (Å²) in [4.78, 5) is 15.6. The number of fused-ring (bicyclic) bond motifs is 3. The minimum absolute atomic E-state index is 0.219. The van der Waals surface area contributed by atoms with Crippen LogP contribution >= 0.6 is 0 Å². The highest BCUT2D eigenvalue weighted by molar-refractivity contribution is 6.14. The molecule has 0 saturated heterocycles. The highest BCUT2D eigenvalue weighted by Gasteiger charge is 2.28. The SMILES string of the molecule is CC(C)(C)c1cc(-c2ccccc2)cc2c3cc(-c4ccccc4)ccc3n(-c3c(-c4ccccc4)cc(-c4nc(-c5ccccc5)nc(-c5ccccc5)n4)cc3-c3ccccc3)c12. The number of hydrogen-bond acceptors (Lipinski definition) is 3. The fourth-order valence-corrected chi connectivity index (χ4v) is 9.18. The van der Waals surface area contributed by atoms with Crippen LogP contribution in [0.3, 0.4) is 0 Å². The lowest BCUT2D eigenvalue weighted by Crippen LogP contribution is -2.14. The maximum atomic E-state index is 5.26. The first-order chi connectivity index (χ1) is 31.9. The third-order valence-electron chi connectivity index (χ3n) is 12.3. The van der Waals surface area contributed by atoms with Gasteiger partial charge in [-0.2, -0.15) is 0 Å². The van der Waals surface area contributed by atoms with Crippen LogP contribution in [0, 0.1) is 0 Å². The summed E-state index contributed by atoms with van der Waals surface area (Å²) in [7, 11) is 0. The summed E-state index contributed by atoms with van der Waals surface area (Å²) in [5.41, 5.74) is 16.3. The molecule has 0 saturated carbocycles.